The third-order valence-electron chi connectivity index (χ3n) is 4.54. The van der Waals surface area contributed by atoms with Crippen LogP contribution in [-0.2, 0) is 0 Å². The number of rotatable bonds is 5. The zero-order chi connectivity index (χ0) is 19.2. The van der Waals surface area contributed by atoms with Crippen LogP contribution in [0.3, 0.4) is 0 Å². The van der Waals surface area contributed by atoms with Crippen LogP contribution in [0.1, 0.15) is 5.56 Å². The fourth-order valence-corrected chi connectivity index (χ4v) is 3.08. The summed E-state index contributed by atoms with van der Waals surface area (Å²) in [7, 11) is 0. The van der Waals surface area contributed by atoms with E-state index in [4.69, 9.17) is 16.3 Å². The van der Waals surface area contributed by atoms with Gasteiger partial charge in [-0.25, -0.2) is 9.18 Å². The highest BCUT2D eigenvalue weighted by molar-refractivity contribution is 6.31. The molecular formula is C20H23ClFN3O2. The molecule has 2 aromatic carbocycles. The Labute approximate surface area is 163 Å². The van der Waals surface area contributed by atoms with Crippen LogP contribution in [0, 0.1) is 12.7 Å². The van der Waals surface area contributed by atoms with E-state index in [1.54, 1.807) is 23.1 Å². The minimum atomic E-state index is -0.243. The molecule has 0 radical (unpaired) electrons. The maximum absolute atomic E-state index is 13.0. The molecule has 27 heavy (non-hydrogen) atoms. The average Bonchev–Trinajstić information content (AvgIpc) is 2.68. The second-order valence-electron chi connectivity index (χ2n) is 6.44. The quantitative estimate of drug-likeness (QED) is 0.790. The third kappa shape index (κ3) is 5.26. The Morgan fingerprint density at radius 1 is 1.15 bits per heavy atom. The first kappa shape index (κ1) is 19.3. The number of urea groups is 1. The molecule has 1 aliphatic heterocycles. The monoisotopic (exact) mass is 391 g/mol. The zero-order valence-electron chi connectivity index (χ0n) is 15.3. The van der Waals surface area contributed by atoms with E-state index in [2.05, 4.69) is 10.2 Å². The summed E-state index contributed by atoms with van der Waals surface area (Å²) < 4.78 is 18.7. The predicted molar refractivity (Wildman–Crippen MR) is 105 cm³/mol. The van der Waals surface area contributed by atoms with E-state index in [0.717, 1.165) is 30.1 Å². The van der Waals surface area contributed by atoms with Crippen LogP contribution < -0.4 is 15.0 Å². The van der Waals surface area contributed by atoms with E-state index < -0.39 is 0 Å². The summed E-state index contributed by atoms with van der Waals surface area (Å²) in [5.74, 6) is 0.492. The smallest absolute Gasteiger partial charge is 0.317 e. The van der Waals surface area contributed by atoms with Crippen molar-refractivity contribution >= 4 is 23.3 Å². The molecule has 7 heteroatoms. The van der Waals surface area contributed by atoms with E-state index >= 15 is 0 Å². The van der Waals surface area contributed by atoms with Crippen LogP contribution in [0.4, 0.5) is 14.9 Å². The third-order valence-corrected chi connectivity index (χ3v) is 4.96. The van der Waals surface area contributed by atoms with Gasteiger partial charge in [0.1, 0.15) is 18.2 Å². The second-order valence-corrected chi connectivity index (χ2v) is 6.85. The number of benzene rings is 2. The highest BCUT2D eigenvalue weighted by atomic mass is 35.5. The maximum Gasteiger partial charge on any atom is 0.317 e. The Hall–Kier alpha value is -2.47. The molecule has 0 saturated carbocycles. The first-order valence-electron chi connectivity index (χ1n) is 8.95. The summed E-state index contributed by atoms with van der Waals surface area (Å²) in [6, 6.07) is 11.8. The molecule has 3 rings (SSSR count). The molecule has 1 heterocycles. The Morgan fingerprint density at radius 2 is 1.85 bits per heavy atom. The summed E-state index contributed by atoms with van der Waals surface area (Å²) in [4.78, 5) is 16.2. The molecule has 1 fully saturated rings. The lowest BCUT2D eigenvalue weighted by molar-refractivity contribution is 0.191. The van der Waals surface area contributed by atoms with Crippen LogP contribution in [-0.4, -0.2) is 50.3 Å². The molecule has 0 aromatic heterocycles. The van der Waals surface area contributed by atoms with Gasteiger partial charge in [-0.15, -0.1) is 0 Å². The van der Waals surface area contributed by atoms with Crippen molar-refractivity contribution in [3.63, 3.8) is 0 Å². The number of hydrogen-bond donors (Lipinski definition) is 1. The van der Waals surface area contributed by atoms with Crippen LogP contribution in [0.5, 0.6) is 5.75 Å². The van der Waals surface area contributed by atoms with Gasteiger partial charge >= 0.3 is 6.03 Å². The Kier molecular flexibility index (Phi) is 6.40. The lowest BCUT2D eigenvalue weighted by Gasteiger charge is -2.36. The average molecular weight is 392 g/mol. The van der Waals surface area contributed by atoms with Gasteiger partial charge in [0.05, 0.1) is 6.54 Å². The molecule has 2 aromatic rings. The number of hydrogen-bond acceptors (Lipinski definition) is 3. The van der Waals surface area contributed by atoms with Gasteiger partial charge in [0.15, 0.2) is 0 Å². The van der Waals surface area contributed by atoms with Gasteiger partial charge in [-0.3, -0.25) is 0 Å². The predicted octanol–water partition coefficient (Wildman–Crippen LogP) is 3.70. The normalized spacial score (nSPS) is 14.2. The number of anilines is 1. The molecule has 0 unspecified atom stereocenters. The van der Waals surface area contributed by atoms with Crippen molar-refractivity contribution < 1.29 is 13.9 Å². The number of ether oxygens (including phenoxy) is 1. The second kappa shape index (κ2) is 8.95. The van der Waals surface area contributed by atoms with E-state index in [0.29, 0.717) is 31.3 Å². The zero-order valence-corrected chi connectivity index (χ0v) is 16.0. The first-order chi connectivity index (χ1) is 13.0. The van der Waals surface area contributed by atoms with Crippen molar-refractivity contribution in [2.24, 2.45) is 0 Å². The van der Waals surface area contributed by atoms with Gasteiger partial charge in [-0.05, 0) is 55.0 Å². The largest absolute Gasteiger partial charge is 0.492 e. The highest BCUT2D eigenvalue weighted by Crippen LogP contribution is 2.21. The Bertz CT molecular complexity index is 777. The molecule has 1 N–H and O–H groups in total. The van der Waals surface area contributed by atoms with Crippen molar-refractivity contribution in [1.82, 2.24) is 10.2 Å². The first-order valence-corrected chi connectivity index (χ1v) is 9.33. The van der Waals surface area contributed by atoms with Gasteiger partial charge in [0.25, 0.3) is 0 Å². The minimum absolute atomic E-state index is 0.0929. The lowest BCUT2D eigenvalue weighted by atomic mass is 10.2. The molecule has 5 nitrogen and oxygen atoms in total. The molecule has 1 aliphatic rings. The summed E-state index contributed by atoms with van der Waals surface area (Å²) >= 11 is 5.99. The van der Waals surface area contributed by atoms with E-state index in [1.807, 2.05) is 19.1 Å². The number of piperazine rings is 1. The van der Waals surface area contributed by atoms with Gasteiger partial charge < -0.3 is 19.9 Å². The Balaban J connectivity index is 1.38. The maximum atomic E-state index is 13.0. The summed E-state index contributed by atoms with van der Waals surface area (Å²) in [5.41, 5.74) is 1.93. The number of carbonyl (C=O) groups is 1. The van der Waals surface area contributed by atoms with E-state index in [9.17, 15) is 9.18 Å². The van der Waals surface area contributed by atoms with Crippen molar-refractivity contribution in [3.8, 4) is 5.75 Å². The SMILES string of the molecule is Cc1cc(OCCNC(=O)N2CCN(c3ccc(F)cc3)CC2)ccc1Cl. The molecule has 144 valence electrons. The molecule has 0 atom stereocenters. The van der Waals surface area contributed by atoms with E-state index in [-0.39, 0.29) is 11.8 Å². The van der Waals surface area contributed by atoms with Crippen molar-refractivity contribution in [2.45, 2.75) is 6.92 Å². The van der Waals surface area contributed by atoms with Gasteiger partial charge in [-0.1, -0.05) is 11.6 Å². The van der Waals surface area contributed by atoms with Gasteiger partial charge in [-0.2, -0.15) is 0 Å². The Morgan fingerprint density at radius 3 is 2.52 bits per heavy atom. The minimum Gasteiger partial charge on any atom is -0.492 e. The molecule has 0 bridgehead atoms. The van der Waals surface area contributed by atoms with Gasteiger partial charge in [0, 0.05) is 36.9 Å². The number of carbonyl (C=O) groups excluding carboxylic acids is 1. The number of nitrogens with zero attached hydrogens (tertiary/aromatic N) is 2. The molecule has 0 aliphatic carbocycles. The van der Waals surface area contributed by atoms with Crippen LogP contribution in [0.15, 0.2) is 42.5 Å². The molecule has 2 amide bonds. The molecular weight excluding hydrogens is 369 g/mol. The van der Waals surface area contributed by atoms with Crippen molar-refractivity contribution in [1.29, 1.82) is 0 Å². The number of halogens is 2. The van der Waals surface area contributed by atoms with Crippen molar-refractivity contribution in [2.75, 3.05) is 44.2 Å². The van der Waals surface area contributed by atoms with Crippen LogP contribution >= 0.6 is 11.6 Å². The highest BCUT2D eigenvalue weighted by Gasteiger charge is 2.21. The fourth-order valence-electron chi connectivity index (χ4n) is 2.97. The van der Waals surface area contributed by atoms with E-state index in [1.165, 1.54) is 12.1 Å². The standard InChI is InChI=1S/C20H23ClFN3O2/c1-15-14-18(6-7-19(15)21)27-13-8-23-20(26)25-11-9-24(10-12-25)17-4-2-16(22)3-5-17/h2-7,14H,8-13H2,1H3,(H,23,26). The number of amides is 2. The molecule has 1 saturated heterocycles. The fraction of sp³-hybridized carbons (Fsp3) is 0.350. The summed E-state index contributed by atoms with van der Waals surface area (Å²) in [6.07, 6.45) is 0. The van der Waals surface area contributed by atoms with Crippen LogP contribution in [0.25, 0.3) is 0 Å². The van der Waals surface area contributed by atoms with Crippen LogP contribution in [0.2, 0.25) is 5.02 Å². The topological polar surface area (TPSA) is 44.8 Å². The molecule has 0 spiro atoms. The lowest BCUT2D eigenvalue weighted by Crippen LogP contribution is -2.52. The van der Waals surface area contributed by atoms with Crippen molar-refractivity contribution in [3.05, 3.63) is 58.9 Å². The number of aryl methyl sites for hydroxylation is 1. The summed E-state index contributed by atoms with van der Waals surface area (Å²) in [6.45, 7) is 5.43. The number of nitrogens with one attached hydrogen (secondary N) is 1. The van der Waals surface area contributed by atoms with Gasteiger partial charge in [0.2, 0.25) is 0 Å². The summed E-state index contributed by atoms with van der Waals surface area (Å²) in [5, 5.41) is 3.58.